The van der Waals surface area contributed by atoms with E-state index < -0.39 is 5.56 Å². The van der Waals surface area contributed by atoms with Crippen molar-refractivity contribution in [2.24, 2.45) is 0 Å². The van der Waals surface area contributed by atoms with Gasteiger partial charge in [0, 0.05) is 24.2 Å². The average molecular weight is 499 g/mol. The molecule has 34 heavy (non-hydrogen) atoms. The van der Waals surface area contributed by atoms with Crippen molar-refractivity contribution in [1.82, 2.24) is 29.2 Å². The molecule has 0 saturated heterocycles. The predicted molar refractivity (Wildman–Crippen MR) is 133 cm³/mol. The second-order valence-corrected chi connectivity index (χ2v) is 9.53. The third-order valence-electron chi connectivity index (χ3n) is 5.70. The van der Waals surface area contributed by atoms with E-state index >= 15 is 0 Å². The number of hydrogen-bond acceptors (Lipinski definition) is 7. The standard InChI is InChI=1S/C23H23ClN6O3S/c1-2-3-6-11-29-20-18(26-22(24)27-20)21(31)30(23(29)32)12-7-10-17-25-19(28-33-17)16-13-14-8-4-5-9-15(14)34-16/h4-5,8-9,13H,2-3,6-7,10-12H2,1H3,(H,26,27). The summed E-state index contributed by atoms with van der Waals surface area (Å²) < 4.78 is 9.33. The molecular formula is C23H23ClN6O3S. The normalized spacial score (nSPS) is 11.7. The average Bonchev–Trinajstić information content (AvgIpc) is 3.56. The highest BCUT2D eigenvalue weighted by Crippen LogP contribution is 2.31. The van der Waals surface area contributed by atoms with Crippen LogP contribution in [0.5, 0.6) is 0 Å². The van der Waals surface area contributed by atoms with E-state index in [-0.39, 0.29) is 23.0 Å². The summed E-state index contributed by atoms with van der Waals surface area (Å²) in [5, 5.41) is 5.33. The number of fused-ring (bicyclic) bond motifs is 2. The molecule has 1 aromatic carbocycles. The third-order valence-corrected chi connectivity index (χ3v) is 6.99. The van der Waals surface area contributed by atoms with Gasteiger partial charge in [-0.25, -0.2) is 4.79 Å². The molecule has 4 heterocycles. The monoisotopic (exact) mass is 498 g/mol. The molecule has 0 amide bonds. The van der Waals surface area contributed by atoms with Crippen LogP contribution < -0.4 is 11.2 Å². The van der Waals surface area contributed by atoms with Crippen molar-refractivity contribution in [3.63, 3.8) is 0 Å². The number of aromatic nitrogens is 6. The molecule has 4 aromatic heterocycles. The lowest BCUT2D eigenvalue weighted by Crippen LogP contribution is -2.40. The Labute approximate surface area is 203 Å². The zero-order valence-electron chi connectivity index (χ0n) is 18.6. The lowest BCUT2D eigenvalue weighted by Gasteiger charge is -2.10. The van der Waals surface area contributed by atoms with E-state index in [0.29, 0.717) is 36.7 Å². The highest BCUT2D eigenvalue weighted by Gasteiger charge is 2.17. The number of thiophene rings is 1. The Balaban J connectivity index is 1.34. The van der Waals surface area contributed by atoms with E-state index in [1.54, 1.807) is 11.3 Å². The summed E-state index contributed by atoms with van der Waals surface area (Å²) in [5.41, 5.74) is -0.265. The van der Waals surface area contributed by atoms with Gasteiger partial charge in [-0.2, -0.15) is 9.97 Å². The van der Waals surface area contributed by atoms with Gasteiger partial charge in [0.2, 0.25) is 17.0 Å². The van der Waals surface area contributed by atoms with Crippen LogP contribution >= 0.6 is 22.9 Å². The maximum atomic E-state index is 13.1. The number of rotatable bonds is 9. The molecule has 5 aromatic rings. The Kier molecular flexibility index (Phi) is 6.34. The summed E-state index contributed by atoms with van der Waals surface area (Å²) in [5.74, 6) is 1.01. The van der Waals surface area contributed by atoms with Crippen LogP contribution in [0.15, 0.2) is 44.4 Å². The number of H-pyrrole nitrogens is 1. The van der Waals surface area contributed by atoms with E-state index in [1.807, 2.05) is 24.3 Å². The second-order valence-electron chi connectivity index (χ2n) is 8.09. The number of imidazole rings is 1. The summed E-state index contributed by atoms with van der Waals surface area (Å²) in [4.78, 5) is 38.4. The lowest BCUT2D eigenvalue weighted by molar-refractivity contribution is 0.371. The molecule has 11 heteroatoms. The zero-order valence-corrected chi connectivity index (χ0v) is 20.2. The van der Waals surface area contributed by atoms with Crippen LogP contribution in [-0.4, -0.2) is 29.2 Å². The minimum atomic E-state index is -0.428. The zero-order chi connectivity index (χ0) is 23.7. The smallest absolute Gasteiger partial charge is 0.332 e. The second kappa shape index (κ2) is 9.55. The van der Waals surface area contributed by atoms with E-state index in [4.69, 9.17) is 16.1 Å². The van der Waals surface area contributed by atoms with Crippen LogP contribution in [0.1, 0.15) is 38.5 Å². The van der Waals surface area contributed by atoms with E-state index in [0.717, 1.165) is 34.2 Å². The predicted octanol–water partition coefficient (Wildman–Crippen LogP) is 4.63. The number of benzene rings is 1. The molecule has 0 aliphatic heterocycles. The molecule has 0 unspecified atom stereocenters. The van der Waals surface area contributed by atoms with Crippen molar-refractivity contribution in [3.8, 4) is 10.7 Å². The van der Waals surface area contributed by atoms with Gasteiger partial charge >= 0.3 is 5.69 Å². The van der Waals surface area contributed by atoms with Gasteiger partial charge in [0.15, 0.2) is 11.2 Å². The molecule has 0 bridgehead atoms. The maximum absolute atomic E-state index is 13.1. The van der Waals surface area contributed by atoms with E-state index in [2.05, 4.69) is 33.1 Å². The SMILES string of the molecule is CCCCCn1c(=O)n(CCCc2nc(-c3cc4ccccc4s3)no2)c(=O)c2[nH]c(Cl)nc21. The topological polar surface area (TPSA) is 112 Å². The van der Waals surface area contributed by atoms with Gasteiger partial charge in [0.1, 0.15) is 0 Å². The van der Waals surface area contributed by atoms with Gasteiger partial charge in [-0.1, -0.05) is 43.1 Å². The maximum Gasteiger partial charge on any atom is 0.332 e. The highest BCUT2D eigenvalue weighted by atomic mass is 35.5. The molecule has 0 spiro atoms. The number of unbranched alkanes of at least 4 members (excludes halogenated alkanes) is 2. The number of aromatic amines is 1. The highest BCUT2D eigenvalue weighted by molar-refractivity contribution is 7.22. The minimum absolute atomic E-state index is 0.0909. The largest absolute Gasteiger partial charge is 0.339 e. The summed E-state index contributed by atoms with van der Waals surface area (Å²) in [7, 11) is 0. The van der Waals surface area contributed by atoms with E-state index in [9.17, 15) is 9.59 Å². The minimum Gasteiger partial charge on any atom is -0.339 e. The Morgan fingerprint density at radius 3 is 2.74 bits per heavy atom. The van der Waals surface area contributed by atoms with Crippen LogP contribution in [0.2, 0.25) is 5.28 Å². The summed E-state index contributed by atoms with van der Waals surface area (Å²) in [6, 6.07) is 10.1. The van der Waals surface area contributed by atoms with Crippen LogP contribution in [0, 0.1) is 0 Å². The first-order chi connectivity index (χ1) is 16.5. The first-order valence-electron chi connectivity index (χ1n) is 11.3. The summed E-state index contributed by atoms with van der Waals surface area (Å²) in [6.45, 7) is 2.79. The molecule has 1 N–H and O–H groups in total. The summed E-state index contributed by atoms with van der Waals surface area (Å²) in [6.07, 6.45) is 3.75. The van der Waals surface area contributed by atoms with Crippen LogP contribution in [0.4, 0.5) is 0 Å². The molecule has 5 rings (SSSR count). The Bertz CT molecular complexity index is 1540. The van der Waals surface area contributed by atoms with Gasteiger partial charge < -0.3 is 9.51 Å². The molecule has 0 fully saturated rings. The Morgan fingerprint density at radius 1 is 1.09 bits per heavy atom. The van der Waals surface area contributed by atoms with Gasteiger partial charge in [0.25, 0.3) is 5.56 Å². The molecule has 9 nitrogen and oxygen atoms in total. The van der Waals surface area contributed by atoms with Crippen LogP contribution in [-0.2, 0) is 19.5 Å². The fourth-order valence-electron chi connectivity index (χ4n) is 3.99. The Morgan fingerprint density at radius 2 is 1.91 bits per heavy atom. The number of nitrogens with zero attached hydrogens (tertiary/aromatic N) is 5. The first kappa shape index (κ1) is 22.5. The quantitative estimate of drug-likeness (QED) is 0.234. The first-order valence-corrected chi connectivity index (χ1v) is 12.4. The molecule has 176 valence electrons. The lowest BCUT2D eigenvalue weighted by atomic mass is 10.2. The molecular weight excluding hydrogens is 476 g/mol. The van der Waals surface area contributed by atoms with Crippen molar-refractivity contribution < 1.29 is 4.52 Å². The fourth-order valence-corrected chi connectivity index (χ4v) is 5.16. The molecule has 0 atom stereocenters. The molecule has 0 radical (unpaired) electrons. The van der Waals surface area contributed by atoms with Crippen molar-refractivity contribution in [2.75, 3.05) is 0 Å². The molecule has 0 aliphatic rings. The molecule has 0 saturated carbocycles. The van der Waals surface area contributed by atoms with Crippen LogP contribution in [0.25, 0.3) is 32.0 Å². The Hall–Kier alpha value is -3.24. The fraction of sp³-hybridized carbons (Fsp3) is 0.348. The van der Waals surface area contributed by atoms with Crippen molar-refractivity contribution >= 4 is 44.2 Å². The molecule has 0 aliphatic carbocycles. The van der Waals surface area contributed by atoms with Crippen molar-refractivity contribution in [3.05, 3.63) is 62.3 Å². The number of nitrogens with one attached hydrogen (secondary N) is 1. The van der Waals surface area contributed by atoms with Crippen molar-refractivity contribution in [1.29, 1.82) is 0 Å². The number of halogens is 1. The van der Waals surface area contributed by atoms with Gasteiger partial charge in [-0.05, 0) is 42.0 Å². The number of hydrogen-bond donors (Lipinski definition) is 1. The summed E-state index contributed by atoms with van der Waals surface area (Å²) >= 11 is 7.61. The van der Waals surface area contributed by atoms with Crippen LogP contribution in [0.3, 0.4) is 0 Å². The number of aryl methyl sites for hydroxylation is 2. The third kappa shape index (κ3) is 4.30. The van der Waals surface area contributed by atoms with E-state index in [1.165, 1.54) is 9.13 Å². The van der Waals surface area contributed by atoms with Crippen molar-refractivity contribution in [2.45, 2.75) is 52.1 Å². The van der Waals surface area contributed by atoms with Gasteiger partial charge in [-0.15, -0.1) is 11.3 Å². The van der Waals surface area contributed by atoms with Gasteiger partial charge in [0.05, 0.1) is 4.88 Å². The van der Waals surface area contributed by atoms with Gasteiger partial charge in [-0.3, -0.25) is 13.9 Å².